The van der Waals surface area contributed by atoms with Crippen molar-refractivity contribution in [3.05, 3.63) is 42.0 Å². The van der Waals surface area contributed by atoms with E-state index in [0.717, 1.165) is 25.3 Å². The molecule has 4 atom stereocenters. The minimum absolute atomic E-state index is 0.0317. The van der Waals surface area contributed by atoms with Crippen LogP contribution in [-0.4, -0.2) is 30.4 Å². The summed E-state index contributed by atoms with van der Waals surface area (Å²) >= 11 is 0. The van der Waals surface area contributed by atoms with Crippen LogP contribution in [0.4, 0.5) is 0 Å². The summed E-state index contributed by atoms with van der Waals surface area (Å²) in [6.07, 6.45) is 4.48. The Morgan fingerprint density at radius 1 is 1.28 bits per heavy atom. The summed E-state index contributed by atoms with van der Waals surface area (Å²) in [5.41, 5.74) is 1.25. The largest absolute Gasteiger partial charge is 0.486 e. The van der Waals surface area contributed by atoms with E-state index in [1.54, 1.807) is 0 Å². The van der Waals surface area contributed by atoms with E-state index < -0.39 is 6.10 Å². The second-order valence-electron chi connectivity index (χ2n) is 5.51. The molecular formula is C15H17NO2. The summed E-state index contributed by atoms with van der Waals surface area (Å²) in [4.78, 5) is 0. The van der Waals surface area contributed by atoms with Crippen molar-refractivity contribution in [3.8, 4) is 5.75 Å². The Hall–Kier alpha value is -1.32. The van der Waals surface area contributed by atoms with Crippen LogP contribution in [0.5, 0.6) is 5.75 Å². The van der Waals surface area contributed by atoms with Crippen molar-refractivity contribution in [2.75, 3.05) is 13.1 Å². The smallest absolute Gasteiger partial charge is 0.138 e. The van der Waals surface area contributed by atoms with Crippen LogP contribution in [0.2, 0.25) is 0 Å². The van der Waals surface area contributed by atoms with Gasteiger partial charge in [-0.05, 0) is 19.0 Å². The topological polar surface area (TPSA) is 41.5 Å². The molecule has 3 nitrogen and oxygen atoms in total. The minimum atomic E-state index is -0.494. The van der Waals surface area contributed by atoms with Crippen LogP contribution in [0.3, 0.4) is 0 Å². The first-order chi connectivity index (χ1) is 8.82. The molecule has 1 aromatic carbocycles. The van der Waals surface area contributed by atoms with Crippen LogP contribution in [0, 0.1) is 5.92 Å². The first-order valence-electron chi connectivity index (χ1n) is 6.65. The molecule has 2 heterocycles. The molecule has 2 N–H and O–H groups in total. The van der Waals surface area contributed by atoms with Gasteiger partial charge in [-0.3, -0.25) is 0 Å². The molecule has 3 aliphatic rings. The van der Waals surface area contributed by atoms with Crippen molar-refractivity contribution in [1.82, 2.24) is 5.32 Å². The summed E-state index contributed by atoms with van der Waals surface area (Å²) in [6, 6.07) is 8.26. The lowest BCUT2D eigenvalue weighted by Crippen LogP contribution is -2.58. The molecule has 3 heteroatoms. The highest BCUT2D eigenvalue weighted by Gasteiger charge is 2.57. The number of aliphatic hydroxyl groups excluding tert-OH is 1. The lowest BCUT2D eigenvalue weighted by Gasteiger charge is -2.47. The van der Waals surface area contributed by atoms with E-state index in [4.69, 9.17) is 4.74 Å². The number of hydrogen-bond acceptors (Lipinski definition) is 3. The third kappa shape index (κ3) is 1.16. The van der Waals surface area contributed by atoms with Gasteiger partial charge in [0.15, 0.2) is 0 Å². The van der Waals surface area contributed by atoms with E-state index in [1.807, 2.05) is 18.2 Å². The highest BCUT2D eigenvalue weighted by Crippen LogP contribution is 2.53. The van der Waals surface area contributed by atoms with Crippen molar-refractivity contribution in [2.45, 2.75) is 24.0 Å². The minimum Gasteiger partial charge on any atom is -0.486 e. The first-order valence-corrected chi connectivity index (χ1v) is 6.65. The van der Waals surface area contributed by atoms with Crippen molar-refractivity contribution in [3.63, 3.8) is 0 Å². The van der Waals surface area contributed by atoms with E-state index in [0.29, 0.717) is 5.92 Å². The molecule has 0 saturated carbocycles. The van der Waals surface area contributed by atoms with E-state index in [1.165, 1.54) is 5.56 Å². The van der Waals surface area contributed by atoms with Gasteiger partial charge in [0.05, 0.1) is 0 Å². The van der Waals surface area contributed by atoms with Crippen molar-refractivity contribution < 1.29 is 9.84 Å². The van der Waals surface area contributed by atoms with E-state index >= 15 is 0 Å². The molecule has 0 amide bonds. The molecule has 1 fully saturated rings. The molecular weight excluding hydrogens is 226 g/mol. The molecule has 0 aromatic heterocycles. The Kier molecular flexibility index (Phi) is 2.11. The average Bonchev–Trinajstić information content (AvgIpc) is 2.75. The predicted octanol–water partition coefficient (Wildman–Crippen LogP) is 1.23. The fraction of sp³-hybridized carbons (Fsp3) is 0.467. The fourth-order valence-corrected chi connectivity index (χ4v) is 3.92. The zero-order valence-electron chi connectivity index (χ0n) is 10.2. The van der Waals surface area contributed by atoms with Crippen LogP contribution in [0.25, 0.3) is 0 Å². The first kappa shape index (κ1) is 10.6. The normalized spacial score (nSPS) is 40.6. The second kappa shape index (κ2) is 3.59. The number of piperidine rings is 1. The Morgan fingerprint density at radius 3 is 3.11 bits per heavy atom. The molecule has 18 heavy (non-hydrogen) atoms. The maximum Gasteiger partial charge on any atom is 0.138 e. The maximum absolute atomic E-state index is 10.3. The number of fused-ring (bicyclic) bond motifs is 1. The monoisotopic (exact) mass is 243 g/mol. The van der Waals surface area contributed by atoms with Gasteiger partial charge < -0.3 is 15.2 Å². The highest BCUT2D eigenvalue weighted by molar-refractivity contribution is 5.49. The SMILES string of the molecule is OC1C=CC2CNCCC23c2ccccc2OC13. The maximum atomic E-state index is 10.3. The van der Waals surface area contributed by atoms with Crippen LogP contribution in [0.15, 0.2) is 36.4 Å². The van der Waals surface area contributed by atoms with Crippen LogP contribution < -0.4 is 10.1 Å². The van der Waals surface area contributed by atoms with Gasteiger partial charge in [-0.2, -0.15) is 0 Å². The van der Waals surface area contributed by atoms with Gasteiger partial charge in [0.25, 0.3) is 0 Å². The number of benzene rings is 1. The summed E-state index contributed by atoms with van der Waals surface area (Å²) in [5, 5.41) is 13.7. The van der Waals surface area contributed by atoms with Gasteiger partial charge in [0.1, 0.15) is 18.0 Å². The van der Waals surface area contributed by atoms with Gasteiger partial charge >= 0.3 is 0 Å². The van der Waals surface area contributed by atoms with E-state index in [2.05, 4.69) is 23.5 Å². The van der Waals surface area contributed by atoms with Gasteiger partial charge in [0.2, 0.25) is 0 Å². The fourth-order valence-electron chi connectivity index (χ4n) is 3.92. The highest BCUT2D eigenvalue weighted by atomic mass is 16.5. The van der Waals surface area contributed by atoms with Gasteiger partial charge in [0, 0.05) is 23.4 Å². The van der Waals surface area contributed by atoms with Gasteiger partial charge in [-0.25, -0.2) is 0 Å². The van der Waals surface area contributed by atoms with Gasteiger partial charge in [-0.1, -0.05) is 30.4 Å². The quantitative estimate of drug-likeness (QED) is 0.673. The van der Waals surface area contributed by atoms with Crippen LogP contribution >= 0.6 is 0 Å². The number of rotatable bonds is 0. The summed E-state index contributed by atoms with van der Waals surface area (Å²) in [5.74, 6) is 1.38. The number of ether oxygens (including phenoxy) is 1. The Labute approximate surface area is 106 Å². The van der Waals surface area contributed by atoms with Crippen LogP contribution in [0.1, 0.15) is 12.0 Å². The molecule has 4 rings (SSSR count). The van der Waals surface area contributed by atoms with Crippen LogP contribution in [-0.2, 0) is 5.41 Å². The second-order valence-corrected chi connectivity index (χ2v) is 5.51. The lowest BCUT2D eigenvalue weighted by molar-refractivity contribution is -0.00335. The Balaban J connectivity index is 1.92. The molecule has 1 spiro atoms. The molecule has 1 aromatic rings. The third-order valence-electron chi connectivity index (χ3n) is 4.74. The number of para-hydroxylation sites is 1. The molecule has 1 aliphatic carbocycles. The third-order valence-corrected chi connectivity index (χ3v) is 4.74. The number of nitrogens with one attached hydrogen (secondary N) is 1. The summed E-state index contributed by atoms with van der Waals surface area (Å²) in [6.45, 7) is 1.96. The van der Waals surface area contributed by atoms with E-state index in [9.17, 15) is 5.11 Å². The zero-order chi connectivity index (χ0) is 12.2. The Morgan fingerprint density at radius 2 is 2.17 bits per heavy atom. The van der Waals surface area contributed by atoms with Crippen molar-refractivity contribution in [1.29, 1.82) is 0 Å². The summed E-state index contributed by atoms with van der Waals surface area (Å²) in [7, 11) is 0. The average molecular weight is 243 g/mol. The molecule has 94 valence electrons. The molecule has 2 aliphatic heterocycles. The molecule has 0 bridgehead atoms. The van der Waals surface area contributed by atoms with E-state index in [-0.39, 0.29) is 11.5 Å². The van der Waals surface area contributed by atoms with Crippen molar-refractivity contribution >= 4 is 0 Å². The lowest BCUT2D eigenvalue weighted by atomic mass is 9.60. The molecule has 0 radical (unpaired) electrons. The van der Waals surface area contributed by atoms with Crippen molar-refractivity contribution in [2.24, 2.45) is 5.92 Å². The number of hydrogen-bond donors (Lipinski definition) is 2. The standard InChI is InChI=1S/C15H17NO2/c17-12-6-5-10-9-16-8-7-15(10)11-3-1-2-4-13(11)18-14(12)15/h1-6,10,12,14,16-17H,7-9H2. The van der Waals surface area contributed by atoms with Gasteiger partial charge in [-0.15, -0.1) is 0 Å². The molecule has 1 saturated heterocycles. The number of aliphatic hydroxyl groups is 1. The predicted molar refractivity (Wildman–Crippen MR) is 68.7 cm³/mol. The Bertz CT molecular complexity index is 513. The zero-order valence-corrected chi connectivity index (χ0v) is 10.2. The summed E-state index contributed by atoms with van der Waals surface area (Å²) < 4.78 is 6.05. The molecule has 4 unspecified atom stereocenters.